The standard InChI is InChI=1S/C20H20ClN3O5/c21-16-6-2-4-8-18(16)22-9-11-23(12-10-22)19(25)14-29-20(26)13-15-5-1-3-7-17(15)24(27)28/h1-8H,9-14H2. The Kier molecular flexibility index (Phi) is 6.66. The summed E-state index contributed by atoms with van der Waals surface area (Å²) in [5.41, 5.74) is 1.03. The zero-order valence-electron chi connectivity index (χ0n) is 15.6. The molecule has 29 heavy (non-hydrogen) atoms. The summed E-state index contributed by atoms with van der Waals surface area (Å²) in [7, 11) is 0. The minimum absolute atomic E-state index is 0.147. The molecule has 0 aromatic heterocycles. The Morgan fingerprint density at radius 1 is 1.03 bits per heavy atom. The molecule has 3 rings (SSSR count). The van der Waals surface area contributed by atoms with Crippen LogP contribution in [-0.2, 0) is 20.7 Å². The SMILES string of the molecule is O=C(Cc1ccccc1[N+](=O)[O-])OCC(=O)N1CCN(c2ccccc2Cl)CC1. The van der Waals surface area contributed by atoms with Crippen molar-refractivity contribution in [1.82, 2.24) is 4.90 Å². The number of halogens is 1. The van der Waals surface area contributed by atoms with Crippen molar-refractivity contribution in [2.24, 2.45) is 0 Å². The summed E-state index contributed by atoms with van der Waals surface area (Å²) in [4.78, 5) is 38.5. The molecule has 0 radical (unpaired) electrons. The first-order chi connectivity index (χ1) is 14.0. The normalized spacial score (nSPS) is 13.8. The first-order valence-corrected chi connectivity index (χ1v) is 9.48. The number of amides is 1. The number of nitro benzene ring substituents is 1. The fraction of sp³-hybridized carbons (Fsp3) is 0.300. The van der Waals surface area contributed by atoms with Crippen LogP contribution in [0.4, 0.5) is 11.4 Å². The molecule has 8 nitrogen and oxygen atoms in total. The Balaban J connectivity index is 1.47. The maximum atomic E-state index is 12.3. The van der Waals surface area contributed by atoms with Gasteiger partial charge in [-0.1, -0.05) is 41.9 Å². The molecule has 1 amide bonds. The van der Waals surface area contributed by atoms with Gasteiger partial charge in [0.15, 0.2) is 6.61 Å². The number of rotatable bonds is 6. The van der Waals surface area contributed by atoms with Gasteiger partial charge in [-0.3, -0.25) is 19.7 Å². The van der Waals surface area contributed by atoms with Crippen molar-refractivity contribution >= 4 is 34.9 Å². The summed E-state index contributed by atoms with van der Waals surface area (Å²) in [6, 6.07) is 13.5. The first-order valence-electron chi connectivity index (χ1n) is 9.11. The van der Waals surface area contributed by atoms with Gasteiger partial charge in [0.25, 0.3) is 11.6 Å². The molecule has 0 saturated carbocycles. The van der Waals surface area contributed by atoms with Crippen molar-refractivity contribution < 1.29 is 19.2 Å². The number of nitrogens with zero attached hydrogens (tertiary/aromatic N) is 3. The van der Waals surface area contributed by atoms with E-state index < -0.39 is 10.9 Å². The number of piperazine rings is 1. The summed E-state index contributed by atoms with van der Waals surface area (Å²) >= 11 is 6.22. The molecule has 2 aromatic carbocycles. The molecule has 1 aliphatic rings. The van der Waals surface area contributed by atoms with Crippen LogP contribution in [0.2, 0.25) is 5.02 Å². The Morgan fingerprint density at radius 2 is 1.69 bits per heavy atom. The van der Waals surface area contributed by atoms with E-state index >= 15 is 0 Å². The Hall–Kier alpha value is -3.13. The summed E-state index contributed by atoms with van der Waals surface area (Å²) in [6.45, 7) is 1.85. The van der Waals surface area contributed by atoms with Gasteiger partial charge in [-0.05, 0) is 12.1 Å². The van der Waals surface area contributed by atoms with Gasteiger partial charge in [0.1, 0.15) is 0 Å². The first kappa shape index (κ1) is 20.6. The number of esters is 1. The number of hydrogen-bond donors (Lipinski definition) is 0. The van der Waals surface area contributed by atoms with Crippen LogP contribution in [0, 0.1) is 10.1 Å². The van der Waals surface area contributed by atoms with Crippen LogP contribution in [0.15, 0.2) is 48.5 Å². The smallest absolute Gasteiger partial charge is 0.311 e. The van der Waals surface area contributed by atoms with Crippen molar-refractivity contribution in [3.63, 3.8) is 0 Å². The zero-order valence-corrected chi connectivity index (χ0v) is 16.4. The Labute approximate surface area is 172 Å². The monoisotopic (exact) mass is 417 g/mol. The average molecular weight is 418 g/mol. The number of para-hydroxylation sites is 2. The van der Waals surface area contributed by atoms with Crippen LogP contribution >= 0.6 is 11.6 Å². The molecule has 2 aromatic rings. The predicted octanol–water partition coefficient (Wildman–Crippen LogP) is 2.68. The molecule has 1 saturated heterocycles. The molecule has 152 valence electrons. The molecule has 0 atom stereocenters. The number of carbonyl (C=O) groups is 2. The van der Waals surface area contributed by atoms with E-state index in [1.54, 1.807) is 11.0 Å². The highest BCUT2D eigenvalue weighted by Gasteiger charge is 2.23. The van der Waals surface area contributed by atoms with Gasteiger partial charge >= 0.3 is 5.97 Å². The summed E-state index contributed by atoms with van der Waals surface area (Å²) in [5, 5.41) is 11.7. The molecule has 0 spiro atoms. The van der Waals surface area contributed by atoms with Gasteiger partial charge < -0.3 is 14.5 Å². The highest BCUT2D eigenvalue weighted by molar-refractivity contribution is 6.33. The third-order valence-electron chi connectivity index (χ3n) is 4.71. The van der Waals surface area contributed by atoms with Gasteiger partial charge in [0, 0.05) is 37.8 Å². The molecule has 0 aliphatic carbocycles. The van der Waals surface area contributed by atoms with E-state index in [1.807, 2.05) is 24.3 Å². The van der Waals surface area contributed by atoms with E-state index in [4.69, 9.17) is 16.3 Å². The van der Waals surface area contributed by atoms with Crippen LogP contribution in [-0.4, -0.2) is 54.5 Å². The highest BCUT2D eigenvalue weighted by Crippen LogP contribution is 2.26. The lowest BCUT2D eigenvalue weighted by atomic mass is 10.1. The van der Waals surface area contributed by atoms with E-state index in [0.717, 1.165) is 5.69 Å². The van der Waals surface area contributed by atoms with Crippen LogP contribution in [0.1, 0.15) is 5.56 Å². The largest absolute Gasteiger partial charge is 0.455 e. The molecule has 1 heterocycles. The van der Waals surface area contributed by atoms with E-state index in [-0.39, 0.29) is 30.2 Å². The maximum Gasteiger partial charge on any atom is 0.311 e. The maximum absolute atomic E-state index is 12.3. The van der Waals surface area contributed by atoms with Crippen LogP contribution in [0.25, 0.3) is 0 Å². The van der Waals surface area contributed by atoms with Gasteiger partial charge in [-0.25, -0.2) is 0 Å². The second-order valence-electron chi connectivity index (χ2n) is 6.54. The number of carbonyl (C=O) groups excluding carboxylic acids is 2. The second kappa shape index (κ2) is 9.38. The number of anilines is 1. The van der Waals surface area contributed by atoms with Crippen molar-refractivity contribution in [2.45, 2.75) is 6.42 Å². The molecule has 1 aliphatic heterocycles. The average Bonchev–Trinajstić information content (AvgIpc) is 2.73. The minimum Gasteiger partial charge on any atom is -0.455 e. The molecule has 0 unspecified atom stereocenters. The lowest BCUT2D eigenvalue weighted by molar-refractivity contribution is -0.385. The number of hydrogen-bond acceptors (Lipinski definition) is 6. The molecule has 0 N–H and O–H groups in total. The fourth-order valence-corrected chi connectivity index (χ4v) is 3.44. The molecule has 9 heteroatoms. The third kappa shape index (κ3) is 5.23. The molecule has 0 bridgehead atoms. The van der Waals surface area contributed by atoms with Gasteiger partial charge in [0.05, 0.1) is 22.1 Å². The highest BCUT2D eigenvalue weighted by atomic mass is 35.5. The van der Waals surface area contributed by atoms with E-state index in [0.29, 0.717) is 31.2 Å². The fourth-order valence-electron chi connectivity index (χ4n) is 3.18. The van der Waals surface area contributed by atoms with Gasteiger partial charge in [-0.2, -0.15) is 0 Å². The Bertz CT molecular complexity index is 912. The van der Waals surface area contributed by atoms with E-state index in [1.165, 1.54) is 18.2 Å². The lowest BCUT2D eigenvalue weighted by Gasteiger charge is -2.36. The lowest BCUT2D eigenvalue weighted by Crippen LogP contribution is -2.50. The van der Waals surface area contributed by atoms with Crippen LogP contribution < -0.4 is 4.90 Å². The third-order valence-corrected chi connectivity index (χ3v) is 5.02. The van der Waals surface area contributed by atoms with Gasteiger partial charge in [0.2, 0.25) is 0 Å². The quantitative estimate of drug-likeness (QED) is 0.407. The van der Waals surface area contributed by atoms with Crippen LogP contribution in [0.5, 0.6) is 0 Å². The number of nitro groups is 1. The summed E-state index contributed by atoms with van der Waals surface area (Å²) in [6.07, 6.45) is -0.259. The predicted molar refractivity (Wildman–Crippen MR) is 108 cm³/mol. The van der Waals surface area contributed by atoms with Crippen molar-refractivity contribution in [3.05, 3.63) is 69.2 Å². The van der Waals surface area contributed by atoms with E-state index in [2.05, 4.69) is 4.90 Å². The van der Waals surface area contributed by atoms with Crippen molar-refractivity contribution in [1.29, 1.82) is 0 Å². The summed E-state index contributed by atoms with van der Waals surface area (Å²) < 4.78 is 5.04. The zero-order chi connectivity index (χ0) is 20.8. The molecular formula is C20H20ClN3O5. The second-order valence-corrected chi connectivity index (χ2v) is 6.95. The van der Waals surface area contributed by atoms with Crippen LogP contribution in [0.3, 0.4) is 0 Å². The summed E-state index contributed by atoms with van der Waals surface area (Å²) in [5.74, 6) is -0.970. The van der Waals surface area contributed by atoms with Crippen molar-refractivity contribution in [3.8, 4) is 0 Å². The Morgan fingerprint density at radius 3 is 2.38 bits per heavy atom. The minimum atomic E-state index is -0.678. The topological polar surface area (TPSA) is 93.0 Å². The van der Waals surface area contributed by atoms with Gasteiger partial charge in [-0.15, -0.1) is 0 Å². The molecular weight excluding hydrogens is 398 g/mol. The molecule has 1 fully saturated rings. The van der Waals surface area contributed by atoms with E-state index in [9.17, 15) is 19.7 Å². The van der Waals surface area contributed by atoms with Crippen molar-refractivity contribution in [2.75, 3.05) is 37.7 Å². The number of benzene rings is 2. The number of ether oxygens (including phenoxy) is 1.